The monoisotopic (exact) mass is 204 g/mol. The highest BCUT2D eigenvalue weighted by Crippen LogP contribution is 2.30. The Morgan fingerprint density at radius 3 is 2.80 bits per heavy atom. The lowest BCUT2D eigenvalue weighted by Gasteiger charge is -2.20. The van der Waals surface area contributed by atoms with Gasteiger partial charge in [-0.25, -0.2) is 0 Å². The predicted octanol–water partition coefficient (Wildman–Crippen LogP) is 3.18. The van der Waals surface area contributed by atoms with E-state index in [-0.39, 0.29) is 0 Å². The first-order valence-electron chi connectivity index (χ1n) is 5.80. The van der Waals surface area contributed by atoms with E-state index in [0.29, 0.717) is 6.04 Å². The Bertz CT molecular complexity index is 346. The number of rotatable bonds is 2. The van der Waals surface area contributed by atoms with Gasteiger partial charge in [0, 0.05) is 6.04 Å². The average Bonchev–Trinajstić information content (AvgIpc) is 2.60. The number of nitrogens with two attached hydrogens (primary N) is 1. The first kappa shape index (κ1) is 10.3. The Labute approximate surface area is 91.9 Å². The molecule has 2 unspecified atom stereocenters. The SMILES string of the molecule is Cc1cccc(NC2CCCC2C)c1N. The third-order valence-electron chi connectivity index (χ3n) is 3.53. The van der Waals surface area contributed by atoms with Crippen molar-refractivity contribution >= 4 is 11.4 Å². The minimum atomic E-state index is 0.606. The van der Waals surface area contributed by atoms with Gasteiger partial charge in [0.25, 0.3) is 0 Å². The molecule has 1 aromatic carbocycles. The molecule has 0 spiro atoms. The molecular weight excluding hydrogens is 184 g/mol. The molecule has 0 heterocycles. The Morgan fingerprint density at radius 2 is 2.13 bits per heavy atom. The van der Waals surface area contributed by atoms with Gasteiger partial charge in [-0.3, -0.25) is 0 Å². The summed E-state index contributed by atoms with van der Waals surface area (Å²) in [5.41, 5.74) is 9.21. The van der Waals surface area contributed by atoms with Gasteiger partial charge < -0.3 is 11.1 Å². The van der Waals surface area contributed by atoms with Gasteiger partial charge in [-0.05, 0) is 37.3 Å². The molecule has 2 heteroatoms. The number of nitrogen functional groups attached to an aromatic ring is 1. The summed E-state index contributed by atoms with van der Waals surface area (Å²) in [5, 5.41) is 3.57. The quantitative estimate of drug-likeness (QED) is 0.726. The van der Waals surface area contributed by atoms with Gasteiger partial charge >= 0.3 is 0 Å². The van der Waals surface area contributed by atoms with Crippen molar-refractivity contribution in [3.8, 4) is 0 Å². The van der Waals surface area contributed by atoms with Crippen molar-refractivity contribution in [3.05, 3.63) is 23.8 Å². The lowest BCUT2D eigenvalue weighted by Crippen LogP contribution is -2.22. The summed E-state index contributed by atoms with van der Waals surface area (Å²) in [6.45, 7) is 4.37. The van der Waals surface area contributed by atoms with Crippen molar-refractivity contribution in [1.29, 1.82) is 0 Å². The molecule has 0 aromatic heterocycles. The first-order chi connectivity index (χ1) is 7.18. The van der Waals surface area contributed by atoms with E-state index in [4.69, 9.17) is 5.73 Å². The van der Waals surface area contributed by atoms with Gasteiger partial charge in [-0.2, -0.15) is 0 Å². The van der Waals surface area contributed by atoms with Crippen LogP contribution in [0, 0.1) is 12.8 Å². The molecule has 0 amide bonds. The number of hydrogen-bond acceptors (Lipinski definition) is 2. The van der Waals surface area contributed by atoms with E-state index in [9.17, 15) is 0 Å². The minimum absolute atomic E-state index is 0.606. The molecule has 0 bridgehead atoms. The van der Waals surface area contributed by atoms with Crippen molar-refractivity contribution < 1.29 is 0 Å². The van der Waals surface area contributed by atoms with Crippen molar-refractivity contribution in [1.82, 2.24) is 0 Å². The summed E-state index contributed by atoms with van der Waals surface area (Å²) in [4.78, 5) is 0. The fourth-order valence-electron chi connectivity index (χ4n) is 2.37. The molecule has 3 N–H and O–H groups in total. The van der Waals surface area contributed by atoms with Gasteiger partial charge in [-0.15, -0.1) is 0 Å². The number of nitrogens with one attached hydrogen (secondary N) is 1. The van der Waals surface area contributed by atoms with Crippen LogP contribution in [-0.4, -0.2) is 6.04 Å². The van der Waals surface area contributed by atoms with E-state index in [0.717, 1.165) is 22.9 Å². The minimum Gasteiger partial charge on any atom is -0.397 e. The molecule has 1 saturated carbocycles. The normalized spacial score (nSPS) is 25.5. The fraction of sp³-hybridized carbons (Fsp3) is 0.538. The molecule has 82 valence electrons. The van der Waals surface area contributed by atoms with E-state index in [1.807, 2.05) is 0 Å². The second kappa shape index (κ2) is 4.13. The van der Waals surface area contributed by atoms with E-state index >= 15 is 0 Å². The number of anilines is 2. The van der Waals surface area contributed by atoms with Gasteiger partial charge in [0.05, 0.1) is 11.4 Å². The molecule has 2 nitrogen and oxygen atoms in total. The van der Waals surface area contributed by atoms with Crippen LogP contribution >= 0.6 is 0 Å². The molecule has 2 rings (SSSR count). The number of hydrogen-bond donors (Lipinski definition) is 2. The largest absolute Gasteiger partial charge is 0.397 e. The maximum atomic E-state index is 6.04. The molecule has 0 saturated heterocycles. The Kier molecular flexibility index (Phi) is 2.85. The highest BCUT2D eigenvalue weighted by molar-refractivity contribution is 5.69. The van der Waals surface area contributed by atoms with E-state index < -0.39 is 0 Å². The number of para-hydroxylation sites is 1. The van der Waals surface area contributed by atoms with E-state index in [1.165, 1.54) is 19.3 Å². The van der Waals surface area contributed by atoms with Crippen LogP contribution in [0.2, 0.25) is 0 Å². The summed E-state index contributed by atoms with van der Waals surface area (Å²) in [7, 11) is 0. The van der Waals surface area contributed by atoms with Crippen molar-refractivity contribution in [2.75, 3.05) is 11.1 Å². The summed E-state index contributed by atoms with van der Waals surface area (Å²) in [6, 6.07) is 6.80. The topological polar surface area (TPSA) is 38.0 Å². The van der Waals surface area contributed by atoms with E-state index in [1.54, 1.807) is 0 Å². The third kappa shape index (κ3) is 2.09. The molecule has 1 aliphatic rings. The van der Waals surface area contributed by atoms with Crippen LogP contribution in [0.3, 0.4) is 0 Å². The van der Waals surface area contributed by atoms with Crippen LogP contribution in [-0.2, 0) is 0 Å². The zero-order chi connectivity index (χ0) is 10.8. The van der Waals surface area contributed by atoms with Crippen molar-refractivity contribution in [2.24, 2.45) is 5.92 Å². The maximum Gasteiger partial charge on any atom is 0.0579 e. The smallest absolute Gasteiger partial charge is 0.0579 e. The van der Waals surface area contributed by atoms with Crippen LogP contribution in [0.1, 0.15) is 31.7 Å². The Morgan fingerprint density at radius 1 is 1.33 bits per heavy atom. The fourth-order valence-corrected chi connectivity index (χ4v) is 2.37. The molecule has 1 aliphatic carbocycles. The van der Waals surface area contributed by atoms with Crippen LogP contribution in [0.15, 0.2) is 18.2 Å². The summed E-state index contributed by atoms with van der Waals surface area (Å²) < 4.78 is 0. The summed E-state index contributed by atoms with van der Waals surface area (Å²) in [5.74, 6) is 0.768. The molecule has 1 aromatic rings. The van der Waals surface area contributed by atoms with Crippen LogP contribution in [0.4, 0.5) is 11.4 Å². The molecular formula is C13H20N2. The highest BCUT2D eigenvalue weighted by atomic mass is 14.9. The molecule has 0 aliphatic heterocycles. The maximum absolute atomic E-state index is 6.04. The average molecular weight is 204 g/mol. The molecule has 2 atom stereocenters. The number of aryl methyl sites for hydroxylation is 1. The van der Waals surface area contributed by atoms with Gasteiger partial charge in [0.2, 0.25) is 0 Å². The summed E-state index contributed by atoms with van der Waals surface area (Å²) in [6.07, 6.45) is 3.95. The highest BCUT2D eigenvalue weighted by Gasteiger charge is 2.23. The lowest BCUT2D eigenvalue weighted by atomic mass is 10.1. The van der Waals surface area contributed by atoms with Crippen LogP contribution < -0.4 is 11.1 Å². The van der Waals surface area contributed by atoms with Gasteiger partial charge in [0.15, 0.2) is 0 Å². The second-order valence-electron chi connectivity index (χ2n) is 4.70. The number of benzene rings is 1. The van der Waals surface area contributed by atoms with Gasteiger partial charge in [-0.1, -0.05) is 25.5 Å². The predicted molar refractivity (Wildman–Crippen MR) is 66.0 cm³/mol. The molecule has 0 radical (unpaired) electrons. The third-order valence-corrected chi connectivity index (χ3v) is 3.53. The van der Waals surface area contributed by atoms with Crippen molar-refractivity contribution in [3.63, 3.8) is 0 Å². The summed E-state index contributed by atoms with van der Waals surface area (Å²) >= 11 is 0. The Hall–Kier alpha value is -1.18. The zero-order valence-electron chi connectivity index (χ0n) is 9.59. The first-order valence-corrected chi connectivity index (χ1v) is 5.80. The standard InChI is InChI=1S/C13H20N2/c1-9-5-3-7-11(9)15-12-8-4-6-10(2)13(12)14/h4,6,8-9,11,15H,3,5,7,14H2,1-2H3. The second-order valence-corrected chi connectivity index (χ2v) is 4.70. The molecule has 1 fully saturated rings. The van der Waals surface area contributed by atoms with E-state index in [2.05, 4.69) is 37.4 Å². The Balaban J connectivity index is 2.13. The van der Waals surface area contributed by atoms with Gasteiger partial charge in [0.1, 0.15) is 0 Å². The lowest BCUT2D eigenvalue weighted by molar-refractivity contribution is 0.556. The van der Waals surface area contributed by atoms with Crippen LogP contribution in [0.5, 0.6) is 0 Å². The molecule has 15 heavy (non-hydrogen) atoms. The van der Waals surface area contributed by atoms with Crippen molar-refractivity contribution in [2.45, 2.75) is 39.2 Å². The van der Waals surface area contributed by atoms with Crippen LogP contribution in [0.25, 0.3) is 0 Å². The zero-order valence-corrected chi connectivity index (χ0v) is 9.59.